The second-order valence-corrected chi connectivity index (χ2v) is 5.53. The van der Waals surface area contributed by atoms with Crippen molar-refractivity contribution in [3.63, 3.8) is 0 Å². The lowest BCUT2D eigenvalue weighted by Crippen LogP contribution is -2.34. The fourth-order valence-corrected chi connectivity index (χ4v) is 2.30. The molecule has 3 N–H and O–H groups in total. The zero-order valence-corrected chi connectivity index (χ0v) is 14.2. The number of amides is 1. The van der Waals surface area contributed by atoms with E-state index in [0.717, 1.165) is 0 Å². The van der Waals surface area contributed by atoms with Crippen molar-refractivity contribution in [3.8, 4) is 11.5 Å². The van der Waals surface area contributed by atoms with Gasteiger partial charge in [0, 0.05) is 11.1 Å². The third kappa shape index (κ3) is 4.33. The summed E-state index contributed by atoms with van der Waals surface area (Å²) in [6.07, 6.45) is 0. The quantitative estimate of drug-likeness (QED) is 0.793. The van der Waals surface area contributed by atoms with E-state index in [2.05, 4.69) is 17.5 Å². The Hall–Kier alpha value is -2.38. The third-order valence-electron chi connectivity index (χ3n) is 3.06. The summed E-state index contributed by atoms with van der Waals surface area (Å²) < 4.78 is 24.4. The van der Waals surface area contributed by atoms with Gasteiger partial charge in [-0.05, 0) is 30.4 Å². The first kappa shape index (κ1) is 18.0. The van der Waals surface area contributed by atoms with Crippen LogP contribution in [0.3, 0.4) is 0 Å². The lowest BCUT2D eigenvalue weighted by atomic mass is 10.2. The van der Waals surface area contributed by atoms with Crippen LogP contribution in [0, 0.1) is 5.82 Å². The molecule has 0 atom stereocenters. The average Bonchev–Trinajstić information content (AvgIpc) is 2.53. The molecule has 2 aromatic rings. The number of carbonyl (C=O) groups excluding carboxylic acids is 1. The van der Waals surface area contributed by atoms with Crippen LogP contribution in [-0.4, -0.2) is 18.1 Å². The minimum atomic E-state index is -0.525. The molecular weight excluding hydrogens is 355 g/mol. The lowest BCUT2D eigenvalue weighted by molar-refractivity contribution is 0.0977. The van der Waals surface area contributed by atoms with E-state index >= 15 is 0 Å². The van der Waals surface area contributed by atoms with E-state index in [1.807, 2.05) is 0 Å². The van der Waals surface area contributed by atoms with E-state index in [1.165, 1.54) is 25.3 Å². The average molecular weight is 369 g/mol. The minimum Gasteiger partial charge on any atom is -0.493 e. The normalized spacial score (nSPS) is 10.1. The molecule has 0 aliphatic heterocycles. The zero-order chi connectivity index (χ0) is 17.7. The van der Waals surface area contributed by atoms with Crippen molar-refractivity contribution in [3.05, 3.63) is 58.4 Å². The molecule has 1 amide bonds. The van der Waals surface area contributed by atoms with Crippen molar-refractivity contribution in [2.45, 2.75) is 6.61 Å². The van der Waals surface area contributed by atoms with Gasteiger partial charge in [0.1, 0.15) is 12.4 Å². The third-order valence-corrected chi connectivity index (χ3v) is 3.44. The van der Waals surface area contributed by atoms with Crippen LogP contribution in [0.5, 0.6) is 11.5 Å². The summed E-state index contributed by atoms with van der Waals surface area (Å²) in [5.41, 5.74) is 5.83. The topological polar surface area (TPSA) is 73.6 Å². The van der Waals surface area contributed by atoms with Gasteiger partial charge in [-0.3, -0.25) is 10.1 Å². The van der Waals surface area contributed by atoms with Crippen LogP contribution < -0.4 is 20.5 Å². The van der Waals surface area contributed by atoms with Crippen LogP contribution >= 0.6 is 23.8 Å². The molecule has 0 heterocycles. The zero-order valence-electron chi connectivity index (χ0n) is 12.6. The summed E-state index contributed by atoms with van der Waals surface area (Å²) in [5, 5.41) is 2.27. The lowest BCUT2D eigenvalue weighted by Gasteiger charge is -2.14. The smallest absolute Gasteiger partial charge is 0.257 e. The second-order valence-electron chi connectivity index (χ2n) is 4.69. The highest BCUT2D eigenvalue weighted by Gasteiger charge is 2.17. The minimum absolute atomic E-state index is 0.0405. The van der Waals surface area contributed by atoms with Crippen LogP contribution in [0.4, 0.5) is 4.39 Å². The SMILES string of the molecule is COc1cc(C(=O)NC(N)=S)cc(Cl)c1OCc1ccccc1F. The van der Waals surface area contributed by atoms with E-state index in [1.54, 1.807) is 18.2 Å². The first-order valence-corrected chi connectivity index (χ1v) is 7.55. The van der Waals surface area contributed by atoms with E-state index in [-0.39, 0.29) is 39.6 Å². The first-order valence-electron chi connectivity index (χ1n) is 6.77. The van der Waals surface area contributed by atoms with E-state index in [9.17, 15) is 9.18 Å². The van der Waals surface area contributed by atoms with Gasteiger partial charge in [-0.15, -0.1) is 0 Å². The summed E-state index contributed by atoms with van der Waals surface area (Å²) >= 11 is 10.8. The summed E-state index contributed by atoms with van der Waals surface area (Å²) in [6.45, 7) is -0.0405. The molecule has 2 aromatic carbocycles. The Bertz CT molecular complexity index is 786. The highest BCUT2D eigenvalue weighted by molar-refractivity contribution is 7.80. The predicted molar refractivity (Wildman–Crippen MR) is 93.0 cm³/mol. The molecule has 0 spiro atoms. The van der Waals surface area contributed by atoms with Crippen LogP contribution in [0.15, 0.2) is 36.4 Å². The molecule has 0 fully saturated rings. The molecule has 0 saturated carbocycles. The molecule has 0 aromatic heterocycles. The van der Waals surface area contributed by atoms with Crippen LogP contribution in [-0.2, 0) is 6.61 Å². The molecular formula is C16H14ClFN2O3S. The van der Waals surface area contributed by atoms with Crippen molar-refractivity contribution < 1.29 is 18.7 Å². The maximum absolute atomic E-state index is 13.6. The van der Waals surface area contributed by atoms with Gasteiger partial charge in [-0.2, -0.15) is 0 Å². The Morgan fingerprint density at radius 1 is 1.38 bits per heavy atom. The van der Waals surface area contributed by atoms with E-state index < -0.39 is 5.91 Å². The standard InChI is InChI=1S/C16H14ClFN2O3S/c1-22-13-7-10(15(21)20-16(19)24)6-11(17)14(13)23-8-9-4-2-3-5-12(9)18/h2-7H,8H2,1H3,(H3,19,20,21,24). The molecule has 0 unspecified atom stereocenters. The van der Waals surface area contributed by atoms with Gasteiger partial charge in [0.05, 0.1) is 12.1 Å². The van der Waals surface area contributed by atoms with Gasteiger partial charge in [-0.25, -0.2) is 4.39 Å². The molecule has 5 nitrogen and oxygen atoms in total. The van der Waals surface area contributed by atoms with Crippen LogP contribution in [0.1, 0.15) is 15.9 Å². The number of hydrogen-bond acceptors (Lipinski definition) is 4. The number of ether oxygens (including phenoxy) is 2. The molecule has 2 rings (SSSR count). The number of thiocarbonyl (C=S) groups is 1. The Morgan fingerprint density at radius 2 is 2.08 bits per heavy atom. The highest BCUT2D eigenvalue weighted by atomic mass is 35.5. The molecule has 0 bridgehead atoms. The fourth-order valence-electron chi connectivity index (χ4n) is 1.94. The Kier molecular flexibility index (Phi) is 5.94. The summed E-state index contributed by atoms with van der Waals surface area (Å²) in [6, 6.07) is 9.02. The monoisotopic (exact) mass is 368 g/mol. The van der Waals surface area contributed by atoms with Gasteiger partial charge in [0.15, 0.2) is 16.6 Å². The van der Waals surface area contributed by atoms with Crippen molar-refractivity contribution in [2.24, 2.45) is 5.73 Å². The number of nitrogens with two attached hydrogens (primary N) is 1. The number of hydrogen-bond donors (Lipinski definition) is 2. The van der Waals surface area contributed by atoms with Crippen molar-refractivity contribution in [1.82, 2.24) is 5.32 Å². The van der Waals surface area contributed by atoms with E-state index in [4.69, 9.17) is 26.8 Å². The number of rotatable bonds is 5. The Morgan fingerprint density at radius 3 is 2.71 bits per heavy atom. The van der Waals surface area contributed by atoms with Gasteiger partial charge >= 0.3 is 0 Å². The van der Waals surface area contributed by atoms with Gasteiger partial charge in [-0.1, -0.05) is 29.8 Å². The van der Waals surface area contributed by atoms with Crippen molar-refractivity contribution in [1.29, 1.82) is 0 Å². The van der Waals surface area contributed by atoms with Crippen molar-refractivity contribution in [2.75, 3.05) is 7.11 Å². The number of carbonyl (C=O) groups is 1. The molecule has 0 radical (unpaired) electrons. The molecule has 0 saturated heterocycles. The first-order chi connectivity index (χ1) is 11.4. The maximum atomic E-state index is 13.6. The highest BCUT2D eigenvalue weighted by Crippen LogP contribution is 2.37. The van der Waals surface area contributed by atoms with Crippen LogP contribution in [0.2, 0.25) is 5.02 Å². The summed E-state index contributed by atoms with van der Waals surface area (Å²) in [5.74, 6) is -0.482. The summed E-state index contributed by atoms with van der Waals surface area (Å²) in [4.78, 5) is 11.9. The van der Waals surface area contributed by atoms with Crippen molar-refractivity contribution >= 4 is 34.8 Å². The molecule has 0 aliphatic rings. The summed E-state index contributed by atoms with van der Waals surface area (Å²) in [7, 11) is 1.40. The predicted octanol–water partition coefficient (Wildman–Crippen LogP) is 3.04. The van der Waals surface area contributed by atoms with Gasteiger partial charge in [0.2, 0.25) is 0 Å². The molecule has 24 heavy (non-hydrogen) atoms. The number of methoxy groups -OCH3 is 1. The number of halogens is 2. The number of nitrogens with one attached hydrogen (secondary N) is 1. The van der Waals surface area contributed by atoms with Gasteiger partial charge in [0.25, 0.3) is 5.91 Å². The van der Waals surface area contributed by atoms with E-state index in [0.29, 0.717) is 5.56 Å². The second kappa shape index (κ2) is 7.94. The number of benzene rings is 2. The van der Waals surface area contributed by atoms with Gasteiger partial charge < -0.3 is 15.2 Å². The molecule has 126 valence electrons. The van der Waals surface area contributed by atoms with Crippen LogP contribution in [0.25, 0.3) is 0 Å². The Labute approximate surface area is 148 Å². The largest absolute Gasteiger partial charge is 0.493 e. The molecule has 8 heteroatoms. The Balaban J connectivity index is 2.25. The fraction of sp³-hybridized carbons (Fsp3) is 0.125. The maximum Gasteiger partial charge on any atom is 0.257 e. The molecule has 0 aliphatic carbocycles.